The quantitative estimate of drug-likeness (QED) is 0.826. The summed E-state index contributed by atoms with van der Waals surface area (Å²) in [7, 11) is 3.98. The SMILES string of the molecule is CNc1cn2ccnc2c(NCCN(C)C(C)C)n1. The Morgan fingerprint density at radius 3 is 2.89 bits per heavy atom. The van der Waals surface area contributed by atoms with Crippen molar-refractivity contribution in [3.8, 4) is 0 Å². The first-order chi connectivity index (χ1) is 9.11. The van der Waals surface area contributed by atoms with Crippen molar-refractivity contribution in [2.45, 2.75) is 19.9 Å². The Kier molecular flexibility index (Phi) is 4.21. The highest BCUT2D eigenvalue weighted by Gasteiger charge is 2.07. The lowest BCUT2D eigenvalue weighted by molar-refractivity contribution is 0.284. The number of hydrogen-bond acceptors (Lipinski definition) is 5. The molecule has 0 radical (unpaired) electrons. The van der Waals surface area contributed by atoms with Gasteiger partial charge in [-0.3, -0.25) is 0 Å². The summed E-state index contributed by atoms with van der Waals surface area (Å²) in [5.41, 5.74) is 0.853. The molecule has 2 heterocycles. The molecule has 19 heavy (non-hydrogen) atoms. The number of hydrogen-bond donors (Lipinski definition) is 2. The van der Waals surface area contributed by atoms with E-state index in [4.69, 9.17) is 0 Å². The average Bonchev–Trinajstić information content (AvgIpc) is 2.86. The molecule has 2 aromatic heterocycles. The Labute approximate surface area is 113 Å². The van der Waals surface area contributed by atoms with Gasteiger partial charge in [-0.1, -0.05) is 0 Å². The maximum Gasteiger partial charge on any atom is 0.180 e. The molecule has 0 aliphatic rings. The fourth-order valence-corrected chi connectivity index (χ4v) is 1.78. The minimum Gasteiger partial charge on any atom is -0.372 e. The Bertz CT molecular complexity index is 533. The van der Waals surface area contributed by atoms with E-state index in [2.05, 4.69) is 46.4 Å². The van der Waals surface area contributed by atoms with Crippen LogP contribution in [-0.4, -0.2) is 52.5 Å². The zero-order valence-corrected chi connectivity index (χ0v) is 12.0. The summed E-state index contributed by atoms with van der Waals surface area (Å²) in [6.45, 7) is 6.19. The topological polar surface area (TPSA) is 57.5 Å². The first-order valence-corrected chi connectivity index (χ1v) is 6.57. The van der Waals surface area contributed by atoms with Crippen molar-refractivity contribution in [3.63, 3.8) is 0 Å². The van der Waals surface area contributed by atoms with E-state index in [9.17, 15) is 0 Å². The van der Waals surface area contributed by atoms with Gasteiger partial charge in [0.25, 0.3) is 0 Å². The first-order valence-electron chi connectivity index (χ1n) is 6.57. The smallest absolute Gasteiger partial charge is 0.180 e. The Hall–Kier alpha value is -1.82. The fourth-order valence-electron chi connectivity index (χ4n) is 1.78. The molecule has 2 rings (SSSR count). The van der Waals surface area contributed by atoms with E-state index in [1.807, 2.05) is 23.8 Å². The van der Waals surface area contributed by atoms with Gasteiger partial charge in [-0.2, -0.15) is 0 Å². The van der Waals surface area contributed by atoms with Gasteiger partial charge in [0.05, 0.1) is 6.20 Å². The van der Waals surface area contributed by atoms with Gasteiger partial charge in [0.1, 0.15) is 5.82 Å². The van der Waals surface area contributed by atoms with Crippen LogP contribution in [0.1, 0.15) is 13.8 Å². The van der Waals surface area contributed by atoms with Gasteiger partial charge in [-0.25, -0.2) is 9.97 Å². The Balaban J connectivity index is 2.09. The van der Waals surface area contributed by atoms with Gasteiger partial charge in [-0.05, 0) is 20.9 Å². The highest BCUT2D eigenvalue weighted by molar-refractivity contribution is 5.65. The summed E-state index contributed by atoms with van der Waals surface area (Å²) in [6.07, 6.45) is 5.62. The van der Waals surface area contributed by atoms with Crippen molar-refractivity contribution in [1.82, 2.24) is 19.3 Å². The largest absolute Gasteiger partial charge is 0.372 e. The van der Waals surface area contributed by atoms with E-state index in [1.165, 1.54) is 0 Å². The molecular formula is C13H22N6. The van der Waals surface area contributed by atoms with E-state index in [-0.39, 0.29) is 0 Å². The second kappa shape index (κ2) is 5.88. The lowest BCUT2D eigenvalue weighted by atomic mass is 10.3. The molecule has 0 amide bonds. The lowest BCUT2D eigenvalue weighted by Gasteiger charge is -2.21. The second-order valence-corrected chi connectivity index (χ2v) is 4.88. The van der Waals surface area contributed by atoms with Crippen molar-refractivity contribution in [1.29, 1.82) is 0 Å². The third-order valence-corrected chi connectivity index (χ3v) is 3.27. The van der Waals surface area contributed by atoms with E-state index in [1.54, 1.807) is 6.20 Å². The van der Waals surface area contributed by atoms with Crippen LogP contribution < -0.4 is 10.6 Å². The summed E-state index contributed by atoms with van der Waals surface area (Å²) in [6, 6.07) is 0.546. The predicted octanol–water partition coefficient (Wildman–Crippen LogP) is 1.52. The van der Waals surface area contributed by atoms with E-state index in [0.29, 0.717) is 6.04 Å². The van der Waals surface area contributed by atoms with E-state index < -0.39 is 0 Å². The summed E-state index contributed by atoms with van der Waals surface area (Å²) in [4.78, 5) is 11.1. The molecule has 0 bridgehead atoms. The van der Waals surface area contributed by atoms with Gasteiger partial charge in [0.15, 0.2) is 11.5 Å². The molecule has 6 heteroatoms. The third kappa shape index (κ3) is 3.14. The van der Waals surface area contributed by atoms with Crippen molar-refractivity contribution in [3.05, 3.63) is 18.6 Å². The van der Waals surface area contributed by atoms with Crippen LogP contribution in [0.5, 0.6) is 0 Å². The maximum absolute atomic E-state index is 4.51. The van der Waals surface area contributed by atoms with E-state index >= 15 is 0 Å². The zero-order valence-electron chi connectivity index (χ0n) is 12.0. The zero-order chi connectivity index (χ0) is 13.8. The number of anilines is 2. The number of imidazole rings is 1. The predicted molar refractivity (Wildman–Crippen MR) is 78.8 cm³/mol. The van der Waals surface area contributed by atoms with Crippen LogP contribution in [0, 0.1) is 0 Å². The molecular weight excluding hydrogens is 240 g/mol. The van der Waals surface area contributed by atoms with Crippen LogP contribution in [0.3, 0.4) is 0 Å². The molecule has 0 atom stereocenters. The number of fused-ring (bicyclic) bond motifs is 1. The molecule has 6 nitrogen and oxygen atoms in total. The van der Waals surface area contributed by atoms with Crippen LogP contribution >= 0.6 is 0 Å². The first kappa shape index (κ1) is 13.6. The number of rotatable bonds is 6. The van der Waals surface area contributed by atoms with Crippen molar-refractivity contribution in [2.24, 2.45) is 0 Å². The second-order valence-electron chi connectivity index (χ2n) is 4.88. The molecule has 0 aromatic carbocycles. The third-order valence-electron chi connectivity index (χ3n) is 3.27. The maximum atomic E-state index is 4.51. The molecule has 0 spiro atoms. The molecule has 2 N–H and O–H groups in total. The number of aromatic nitrogens is 3. The molecule has 0 aliphatic carbocycles. The number of nitrogens with zero attached hydrogens (tertiary/aromatic N) is 4. The van der Waals surface area contributed by atoms with Crippen LogP contribution in [-0.2, 0) is 0 Å². The van der Waals surface area contributed by atoms with Crippen molar-refractivity contribution in [2.75, 3.05) is 37.8 Å². The molecule has 0 saturated carbocycles. The number of likely N-dealkylation sites (N-methyl/N-ethyl adjacent to an activating group) is 1. The summed E-state index contributed by atoms with van der Waals surface area (Å²) < 4.78 is 1.97. The van der Waals surface area contributed by atoms with Gasteiger partial charge in [-0.15, -0.1) is 0 Å². The van der Waals surface area contributed by atoms with E-state index in [0.717, 1.165) is 30.4 Å². The van der Waals surface area contributed by atoms with Crippen LogP contribution in [0.2, 0.25) is 0 Å². The van der Waals surface area contributed by atoms with Gasteiger partial charge >= 0.3 is 0 Å². The lowest BCUT2D eigenvalue weighted by Crippen LogP contribution is -2.31. The molecule has 0 unspecified atom stereocenters. The minimum atomic E-state index is 0.546. The van der Waals surface area contributed by atoms with Crippen LogP contribution in [0.15, 0.2) is 18.6 Å². The standard InChI is InChI=1S/C13H22N6/c1-10(2)18(4)7-5-15-12-13-16-6-8-19(13)9-11(14-3)17-12/h6,8-10,14H,5,7H2,1-4H3,(H,15,17). The normalized spacial score (nSPS) is 11.5. The van der Waals surface area contributed by atoms with Crippen LogP contribution in [0.25, 0.3) is 5.65 Å². The Morgan fingerprint density at radius 2 is 2.21 bits per heavy atom. The van der Waals surface area contributed by atoms with Crippen molar-refractivity contribution >= 4 is 17.3 Å². The highest BCUT2D eigenvalue weighted by atomic mass is 15.2. The minimum absolute atomic E-state index is 0.546. The molecule has 0 fully saturated rings. The van der Waals surface area contributed by atoms with Crippen molar-refractivity contribution < 1.29 is 0 Å². The number of nitrogens with one attached hydrogen (secondary N) is 2. The van der Waals surface area contributed by atoms with Crippen LogP contribution in [0.4, 0.5) is 11.6 Å². The summed E-state index contributed by atoms with van der Waals surface area (Å²) >= 11 is 0. The molecule has 0 aliphatic heterocycles. The summed E-state index contributed by atoms with van der Waals surface area (Å²) in [5.74, 6) is 1.64. The summed E-state index contributed by atoms with van der Waals surface area (Å²) in [5, 5.41) is 6.41. The molecule has 104 valence electrons. The van der Waals surface area contributed by atoms with Gasteiger partial charge < -0.3 is 19.9 Å². The van der Waals surface area contributed by atoms with Gasteiger partial charge in [0, 0.05) is 38.6 Å². The molecule has 2 aromatic rings. The van der Waals surface area contributed by atoms with Gasteiger partial charge in [0.2, 0.25) is 0 Å². The highest BCUT2D eigenvalue weighted by Crippen LogP contribution is 2.15. The molecule has 0 saturated heterocycles. The monoisotopic (exact) mass is 262 g/mol. The fraction of sp³-hybridized carbons (Fsp3) is 0.538. The average molecular weight is 262 g/mol. The Morgan fingerprint density at radius 1 is 1.42 bits per heavy atom.